The fraction of sp³-hybridized carbons (Fsp3) is 0.273. The van der Waals surface area contributed by atoms with Crippen molar-refractivity contribution in [2.45, 2.75) is 18.2 Å². The molecule has 0 radical (unpaired) electrons. The number of methoxy groups -OCH3 is 1. The minimum absolute atomic E-state index is 0.0441. The molecule has 0 spiro atoms. The van der Waals surface area contributed by atoms with Gasteiger partial charge in [0.05, 0.1) is 7.11 Å². The highest BCUT2D eigenvalue weighted by molar-refractivity contribution is 9.10. The van der Waals surface area contributed by atoms with Crippen molar-refractivity contribution in [3.05, 3.63) is 27.7 Å². The average Bonchev–Trinajstić information content (AvgIpc) is 2.85. The lowest BCUT2D eigenvalue weighted by molar-refractivity contribution is 0.403. The third kappa shape index (κ3) is 3.28. The summed E-state index contributed by atoms with van der Waals surface area (Å²) >= 11 is 4.45. The van der Waals surface area contributed by atoms with Crippen molar-refractivity contribution in [1.29, 1.82) is 0 Å². The molecular weight excluding hydrogens is 366 g/mol. The van der Waals surface area contributed by atoms with Crippen LogP contribution < -0.4 is 9.46 Å². The normalized spacial score (nSPS) is 11.3. The van der Waals surface area contributed by atoms with Crippen molar-refractivity contribution in [2.24, 2.45) is 0 Å². The molecule has 0 aliphatic heterocycles. The van der Waals surface area contributed by atoms with E-state index in [1.54, 1.807) is 12.1 Å². The molecule has 2 rings (SSSR count). The van der Waals surface area contributed by atoms with Crippen LogP contribution in [0.25, 0.3) is 0 Å². The van der Waals surface area contributed by atoms with Gasteiger partial charge in [0.25, 0.3) is 10.0 Å². The van der Waals surface area contributed by atoms with Crippen LogP contribution in [-0.4, -0.2) is 25.7 Å². The summed E-state index contributed by atoms with van der Waals surface area (Å²) in [5, 5.41) is 8.68. The second-order valence-corrected chi connectivity index (χ2v) is 7.38. The maximum Gasteiger partial charge on any atom is 0.267 e. The van der Waals surface area contributed by atoms with Gasteiger partial charge in [0, 0.05) is 4.47 Å². The summed E-state index contributed by atoms with van der Waals surface area (Å²) in [5.41, 5.74) is 0. The van der Waals surface area contributed by atoms with Crippen LogP contribution in [0.4, 0.5) is 5.13 Å². The summed E-state index contributed by atoms with van der Waals surface area (Å²) in [7, 11) is -2.35. The molecule has 0 saturated carbocycles. The van der Waals surface area contributed by atoms with E-state index in [0.29, 0.717) is 10.9 Å². The first-order chi connectivity index (χ1) is 9.46. The fourth-order valence-electron chi connectivity index (χ4n) is 1.47. The smallest absolute Gasteiger partial charge is 0.267 e. The van der Waals surface area contributed by atoms with E-state index in [0.717, 1.165) is 5.01 Å². The van der Waals surface area contributed by atoms with Crippen molar-refractivity contribution in [1.82, 2.24) is 10.2 Å². The molecule has 2 aromatic rings. The van der Waals surface area contributed by atoms with E-state index in [1.807, 2.05) is 6.92 Å². The number of aryl methyl sites for hydroxylation is 1. The monoisotopic (exact) mass is 377 g/mol. The molecule has 1 aromatic heterocycles. The topological polar surface area (TPSA) is 81.2 Å². The largest absolute Gasteiger partial charge is 0.495 e. The van der Waals surface area contributed by atoms with E-state index < -0.39 is 10.0 Å². The second kappa shape index (κ2) is 6.06. The van der Waals surface area contributed by atoms with Crippen LogP contribution >= 0.6 is 27.3 Å². The SMILES string of the molecule is CCc1nnc(NS(=O)(=O)c2cc(Br)ccc2OC)s1. The first-order valence-electron chi connectivity index (χ1n) is 5.65. The van der Waals surface area contributed by atoms with Crippen molar-refractivity contribution >= 4 is 42.4 Å². The number of sulfonamides is 1. The molecule has 108 valence electrons. The first-order valence-corrected chi connectivity index (χ1v) is 8.74. The Hall–Kier alpha value is -1.19. The highest BCUT2D eigenvalue weighted by Crippen LogP contribution is 2.29. The van der Waals surface area contributed by atoms with Gasteiger partial charge in [0.2, 0.25) is 5.13 Å². The summed E-state index contributed by atoms with van der Waals surface area (Å²) in [6, 6.07) is 4.76. The second-order valence-electron chi connectivity index (χ2n) is 3.76. The van der Waals surface area contributed by atoms with Gasteiger partial charge < -0.3 is 4.74 Å². The number of ether oxygens (including phenoxy) is 1. The number of anilines is 1. The predicted octanol–water partition coefficient (Wildman–Crippen LogP) is 2.67. The number of benzene rings is 1. The summed E-state index contributed by atoms with van der Waals surface area (Å²) < 4.78 is 32.8. The van der Waals surface area contributed by atoms with Crippen molar-refractivity contribution < 1.29 is 13.2 Å². The van der Waals surface area contributed by atoms with E-state index in [9.17, 15) is 8.42 Å². The highest BCUT2D eigenvalue weighted by atomic mass is 79.9. The van der Waals surface area contributed by atoms with E-state index >= 15 is 0 Å². The number of halogens is 1. The molecule has 9 heteroatoms. The van der Waals surface area contributed by atoms with Gasteiger partial charge in [-0.1, -0.05) is 34.2 Å². The molecule has 0 fully saturated rings. The van der Waals surface area contributed by atoms with Crippen LogP contribution in [0.15, 0.2) is 27.6 Å². The summed E-state index contributed by atoms with van der Waals surface area (Å²) in [6.45, 7) is 1.93. The number of hydrogen-bond acceptors (Lipinski definition) is 6. The number of nitrogens with one attached hydrogen (secondary N) is 1. The van der Waals surface area contributed by atoms with Gasteiger partial charge >= 0.3 is 0 Å². The Morgan fingerprint density at radius 1 is 1.40 bits per heavy atom. The summed E-state index contributed by atoms with van der Waals surface area (Å²) in [5.74, 6) is 0.265. The van der Waals surface area contributed by atoms with Crippen molar-refractivity contribution in [2.75, 3.05) is 11.8 Å². The third-order valence-electron chi connectivity index (χ3n) is 2.41. The minimum Gasteiger partial charge on any atom is -0.495 e. The minimum atomic E-state index is -3.77. The van der Waals surface area contributed by atoms with E-state index in [-0.39, 0.29) is 15.8 Å². The van der Waals surface area contributed by atoms with Crippen LogP contribution in [0.2, 0.25) is 0 Å². The molecule has 20 heavy (non-hydrogen) atoms. The maximum atomic E-state index is 12.4. The van der Waals surface area contributed by atoms with Gasteiger partial charge in [-0.2, -0.15) is 0 Å². The zero-order valence-corrected chi connectivity index (χ0v) is 14.0. The Kier molecular flexibility index (Phi) is 4.61. The first kappa shape index (κ1) is 15.2. The number of rotatable bonds is 5. The number of nitrogens with zero attached hydrogens (tertiary/aromatic N) is 2. The van der Waals surface area contributed by atoms with Crippen LogP contribution in [0, 0.1) is 0 Å². The van der Waals surface area contributed by atoms with Gasteiger partial charge in [0.15, 0.2) is 0 Å². The Balaban J connectivity index is 2.37. The predicted molar refractivity (Wildman–Crippen MR) is 80.8 cm³/mol. The molecule has 1 N–H and O–H groups in total. The lowest BCUT2D eigenvalue weighted by atomic mass is 10.3. The van der Waals surface area contributed by atoms with Crippen LogP contribution in [0.3, 0.4) is 0 Å². The van der Waals surface area contributed by atoms with Crippen LogP contribution in [0.1, 0.15) is 11.9 Å². The van der Waals surface area contributed by atoms with Gasteiger partial charge in [0.1, 0.15) is 15.7 Å². The quantitative estimate of drug-likeness (QED) is 0.865. The molecule has 1 heterocycles. The summed E-state index contributed by atoms with van der Waals surface area (Å²) in [6.07, 6.45) is 0.708. The van der Waals surface area contributed by atoms with Gasteiger partial charge in [-0.05, 0) is 24.6 Å². The lowest BCUT2D eigenvalue weighted by Gasteiger charge is -2.09. The molecule has 0 bridgehead atoms. The zero-order valence-electron chi connectivity index (χ0n) is 10.8. The molecular formula is C11H12BrN3O3S2. The van der Waals surface area contributed by atoms with E-state index in [1.165, 1.54) is 24.5 Å². The van der Waals surface area contributed by atoms with E-state index in [2.05, 4.69) is 30.8 Å². The molecule has 0 unspecified atom stereocenters. The van der Waals surface area contributed by atoms with Gasteiger partial charge in [-0.25, -0.2) is 8.42 Å². The standard InChI is InChI=1S/C11H12BrN3O3S2/c1-3-10-13-14-11(19-10)15-20(16,17)9-6-7(12)4-5-8(9)18-2/h4-6H,3H2,1-2H3,(H,14,15). The van der Waals surface area contributed by atoms with Crippen LogP contribution in [0.5, 0.6) is 5.75 Å². The Morgan fingerprint density at radius 3 is 2.75 bits per heavy atom. The average molecular weight is 378 g/mol. The molecule has 6 nitrogen and oxygen atoms in total. The number of aromatic nitrogens is 2. The van der Waals surface area contributed by atoms with Crippen molar-refractivity contribution in [3.63, 3.8) is 0 Å². The van der Waals surface area contributed by atoms with Crippen LogP contribution in [-0.2, 0) is 16.4 Å². The molecule has 0 saturated heterocycles. The highest BCUT2D eigenvalue weighted by Gasteiger charge is 2.21. The molecule has 0 atom stereocenters. The third-order valence-corrected chi connectivity index (χ3v) is 5.37. The van der Waals surface area contributed by atoms with Crippen molar-refractivity contribution in [3.8, 4) is 5.75 Å². The Labute approximate surface area is 129 Å². The van der Waals surface area contributed by atoms with Gasteiger partial charge in [-0.15, -0.1) is 10.2 Å². The lowest BCUT2D eigenvalue weighted by Crippen LogP contribution is -2.14. The molecule has 0 aliphatic carbocycles. The fourth-order valence-corrected chi connectivity index (χ4v) is 4.09. The molecule has 0 aliphatic rings. The Morgan fingerprint density at radius 2 is 2.15 bits per heavy atom. The number of hydrogen-bond donors (Lipinski definition) is 1. The van der Waals surface area contributed by atoms with Gasteiger partial charge in [-0.3, -0.25) is 4.72 Å². The summed E-state index contributed by atoms with van der Waals surface area (Å²) in [4.78, 5) is 0.0441. The Bertz CT molecular complexity index is 715. The van der Waals surface area contributed by atoms with E-state index in [4.69, 9.17) is 4.74 Å². The molecule has 0 amide bonds. The maximum absolute atomic E-state index is 12.4. The molecule has 1 aromatic carbocycles. The zero-order chi connectivity index (χ0) is 14.8.